The van der Waals surface area contributed by atoms with Crippen molar-refractivity contribution in [2.75, 3.05) is 11.9 Å². The zero-order valence-electron chi connectivity index (χ0n) is 9.53. The minimum Gasteiger partial charge on any atom is -0.370 e. The number of hydrogen-bond acceptors (Lipinski definition) is 4. The molecule has 88 valence electrons. The quantitative estimate of drug-likeness (QED) is 0.750. The number of nitrogens with one attached hydrogen (secondary N) is 2. The molecular formula is C11H13N5O. The smallest absolute Gasteiger partial charge is 0.256 e. The fourth-order valence-electron chi connectivity index (χ4n) is 2.05. The molecule has 3 rings (SSSR count). The molecule has 6 nitrogen and oxygen atoms in total. The molecule has 0 aliphatic carbocycles. The average Bonchev–Trinajstić information content (AvgIpc) is 2.75. The van der Waals surface area contributed by atoms with Gasteiger partial charge in [0.25, 0.3) is 5.56 Å². The second kappa shape index (κ2) is 3.73. The van der Waals surface area contributed by atoms with E-state index in [0.717, 1.165) is 24.9 Å². The second-order valence-corrected chi connectivity index (χ2v) is 4.13. The van der Waals surface area contributed by atoms with Crippen LogP contribution in [0, 0.1) is 0 Å². The Kier molecular flexibility index (Phi) is 2.21. The van der Waals surface area contributed by atoms with Crippen molar-refractivity contribution in [3.63, 3.8) is 0 Å². The van der Waals surface area contributed by atoms with Crippen LogP contribution in [-0.2, 0) is 13.5 Å². The first-order valence-corrected chi connectivity index (χ1v) is 5.60. The highest BCUT2D eigenvalue weighted by molar-refractivity contribution is 5.53. The summed E-state index contributed by atoms with van der Waals surface area (Å²) in [6.07, 6.45) is 5.26. The highest BCUT2D eigenvalue weighted by Crippen LogP contribution is 2.18. The highest BCUT2D eigenvalue weighted by Gasteiger charge is 2.16. The van der Waals surface area contributed by atoms with E-state index in [4.69, 9.17) is 0 Å². The molecule has 0 atom stereocenters. The van der Waals surface area contributed by atoms with Gasteiger partial charge in [0.15, 0.2) is 11.6 Å². The Balaban J connectivity index is 2.17. The van der Waals surface area contributed by atoms with Crippen molar-refractivity contribution < 1.29 is 0 Å². The molecule has 0 saturated carbocycles. The maximum atomic E-state index is 11.9. The fourth-order valence-corrected chi connectivity index (χ4v) is 2.05. The van der Waals surface area contributed by atoms with Crippen LogP contribution in [0.2, 0.25) is 0 Å². The number of fused-ring (bicyclic) bond motifs is 1. The number of aryl methyl sites for hydroxylation is 1. The summed E-state index contributed by atoms with van der Waals surface area (Å²) in [5.74, 6) is 1.87. The predicted molar refractivity (Wildman–Crippen MR) is 63.9 cm³/mol. The van der Waals surface area contributed by atoms with E-state index in [-0.39, 0.29) is 5.56 Å². The van der Waals surface area contributed by atoms with Crippen molar-refractivity contribution in [1.82, 2.24) is 19.5 Å². The van der Waals surface area contributed by atoms with Gasteiger partial charge in [0.05, 0.1) is 5.56 Å². The van der Waals surface area contributed by atoms with E-state index in [2.05, 4.69) is 20.3 Å². The lowest BCUT2D eigenvalue weighted by Crippen LogP contribution is -2.24. The van der Waals surface area contributed by atoms with Gasteiger partial charge in [0.2, 0.25) is 0 Å². The van der Waals surface area contributed by atoms with E-state index in [0.29, 0.717) is 17.5 Å². The normalized spacial score (nSPS) is 14.2. The summed E-state index contributed by atoms with van der Waals surface area (Å²) in [4.78, 5) is 23.3. The highest BCUT2D eigenvalue weighted by atomic mass is 16.1. The van der Waals surface area contributed by atoms with Crippen LogP contribution < -0.4 is 10.9 Å². The molecule has 2 N–H and O–H groups in total. The minimum absolute atomic E-state index is 0.0693. The Bertz CT molecular complexity index is 613. The number of hydrogen-bond donors (Lipinski definition) is 2. The van der Waals surface area contributed by atoms with Crippen molar-refractivity contribution in [1.29, 1.82) is 0 Å². The second-order valence-electron chi connectivity index (χ2n) is 4.13. The lowest BCUT2D eigenvalue weighted by atomic mass is 10.1. The standard InChI is InChI=1S/C11H13N5O/c1-16-6-5-13-10(16)9-14-8-7(11(17)15-9)3-2-4-12-8/h5-6H,2-4H2,1H3,(H2,12,14,15,17). The summed E-state index contributed by atoms with van der Waals surface area (Å²) < 4.78 is 1.83. The summed E-state index contributed by atoms with van der Waals surface area (Å²) >= 11 is 0. The number of imidazole rings is 1. The third-order valence-electron chi connectivity index (χ3n) is 2.94. The van der Waals surface area contributed by atoms with Crippen LogP contribution in [0.25, 0.3) is 11.6 Å². The van der Waals surface area contributed by atoms with Crippen molar-refractivity contribution >= 4 is 5.82 Å². The van der Waals surface area contributed by atoms with Crippen LogP contribution in [0.15, 0.2) is 17.2 Å². The van der Waals surface area contributed by atoms with E-state index in [1.165, 1.54) is 0 Å². The Hall–Kier alpha value is -2.11. The van der Waals surface area contributed by atoms with Crippen LogP contribution in [-0.4, -0.2) is 26.1 Å². The first-order valence-electron chi connectivity index (χ1n) is 5.60. The molecule has 0 amide bonds. The molecule has 2 aromatic heterocycles. The number of H-pyrrole nitrogens is 1. The molecule has 0 fully saturated rings. The summed E-state index contributed by atoms with van der Waals surface area (Å²) in [6.45, 7) is 0.865. The third-order valence-corrected chi connectivity index (χ3v) is 2.94. The van der Waals surface area contributed by atoms with Crippen LogP contribution in [0.1, 0.15) is 12.0 Å². The largest absolute Gasteiger partial charge is 0.370 e. The summed E-state index contributed by atoms with van der Waals surface area (Å²) in [5, 5.41) is 3.16. The monoisotopic (exact) mass is 231 g/mol. The van der Waals surface area contributed by atoms with Gasteiger partial charge in [-0.1, -0.05) is 0 Å². The molecule has 0 radical (unpaired) electrons. The van der Waals surface area contributed by atoms with Crippen LogP contribution in [0.5, 0.6) is 0 Å². The Morgan fingerprint density at radius 2 is 2.35 bits per heavy atom. The predicted octanol–water partition coefficient (Wildman–Crippen LogP) is 0.528. The third kappa shape index (κ3) is 1.61. The number of rotatable bonds is 1. The van der Waals surface area contributed by atoms with E-state index in [1.54, 1.807) is 6.20 Å². The first-order chi connectivity index (χ1) is 8.25. The zero-order valence-corrected chi connectivity index (χ0v) is 9.53. The molecule has 0 saturated heterocycles. The molecule has 17 heavy (non-hydrogen) atoms. The van der Waals surface area contributed by atoms with Gasteiger partial charge in [-0.15, -0.1) is 0 Å². The first kappa shape index (κ1) is 10.1. The summed E-state index contributed by atoms with van der Waals surface area (Å²) in [7, 11) is 1.87. The van der Waals surface area contributed by atoms with E-state index >= 15 is 0 Å². The maximum absolute atomic E-state index is 11.9. The Morgan fingerprint density at radius 1 is 1.47 bits per heavy atom. The summed E-state index contributed by atoms with van der Waals surface area (Å²) in [5.41, 5.74) is 0.675. The molecule has 6 heteroatoms. The van der Waals surface area contributed by atoms with Gasteiger partial charge >= 0.3 is 0 Å². The van der Waals surface area contributed by atoms with Crippen molar-refractivity contribution in [2.45, 2.75) is 12.8 Å². The van der Waals surface area contributed by atoms with Gasteiger partial charge in [-0.3, -0.25) is 4.79 Å². The van der Waals surface area contributed by atoms with E-state index < -0.39 is 0 Å². The molecule has 0 spiro atoms. The van der Waals surface area contributed by atoms with Crippen LogP contribution in [0.3, 0.4) is 0 Å². The number of anilines is 1. The lowest BCUT2D eigenvalue weighted by molar-refractivity contribution is 0.795. The molecule has 0 aromatic carbocycles. The number of aromatic nitrogens is 4. The van der Waals surface area contributed by atoms with Crippen LogP contribution in [0.4, 0.5) is 5.82 Å². The molecule has 3 heterocycles. The minimum atomic E-state index is -0.0693. The van der Waals surface area contributed by atoms with E-state index in [1.807, 2.05) is 17.8 Å². The van der Waals surface area contributed by atoms with Gasteiger partial charge in [0, 0.05) is 26.0 Å². The zero-order chi connectivity index (χ0) is 11.8. The van der Waals surface area contributed by atoms with Gasteiger partial charge in [-0.25, -0.2) is 9.97 Å². The van der Waals surface area contributed by atoms with Crippen molar-refractivity contribution in [2.24, 2.45) is 7.05 Å². The lowest BCUT2D eigenvalue weighted by Gasteiger charge is -2.16. The molecular weight excluding hydrogens is 218 g/mol. The molecule has 0 unspecified atom stereocenters. The topological polar surface area (TPSA) is 75.6 Å². The molecule has 0 bridgehead atoms. The number of nitrogens with zero attached hydrogens (tertiary/aromatic N) is 3. The Labute approximate surface area is 97.7 Å². The van der Waals surface area contributed by atoms with Crippen LogP contribution >= 0.6 is 0 Å². The molecule has 1 aliphatic rings. The Morgan fingerprint density at radius 3 is 3.12 bits per heavy atom. The average molecular weight is 231 g/mol. The van der Waals surface area contributed by atoms with E-state index in [9.17, 15) is 4.79 Å². The summed E-state index contributed by atoms with van der Waals surface area (Å²) in [6, 6.07) is 0. The molecule has 2 aromatic rings. The van der Waals surface area contributed by atoms with Gasteiger partial charge in [-0.05, 0) is 12.8 Å². The van der Waals surface area contributed by atoms with Gasteiger partial charge in [0.1, 0.15) is 5.82 Å². The number of aromatic amines is 1. The SMILES string of the molecule is Cn1ccnc1-c1nc2c(c(=O)[nH]1)CCCN2. The fraction of sp³-hybridized carbons (Fsp3) is 0.364. The van der Waals surface area contributed by atoms with Crippen molar-refractivity contribution in [3.8, 4) is 11.6 Å². The molecule has 1 aliphatic heterocycles. The van der Waals surface area contributed by atoms with Gasteiger partial charge < -0.3 is 14.9 Å². The van der Waals surface area contributed by atoms with Gasteiger partial charge in [-0.2, -0.15) is 0 Å². The van der Waals surface area contributed by atoms with Crippen molar-refractivity contribution in [3.05, 3.63) is 28.3 Å². The maximum Gasteiger partial charge on any atom is 0.256 e.